The molecule has 0 saturated heterocycles. The van der Waals surface area contributed by atoms with Crippen LogP contribution in [0.5, 0.6) is 0 Å². The van der Waals surface area contributed by atoms with Crippen molar-refractivity contribution in [2.45, 2.75) is 57.6 Å². The van der Waals surface area contributed by atoms with Gasteiger partial charge in [-0.1, -0.05) is 25.3 Å². The Hall–Kier alpha value is -0.110. The zero-order valence-electron chi connectivity index (χ0n) is 9.58. The molecule has 0 amide bonds. The highest BCUT2D eigenvalue weighted by molar-refractivity contribution is 7.89. The van der Waals surface area contributed by atoms with E-state index in [1.54, 1.807) is 0 Å². The topological polar surface area (TPSA) is 17.1 Å². The molecule has 0 aromatic carbocycles. The Morgan fingerprint density at radius 2 is 1.71 bits per heavy atom. The van der Waals surface area contributed by atoms with Crippen LogP contribution in [0.1, 0.15) is 52.9 Å². The Morgan fingerprint density at radius 1 is 1.14 bits per heavy atom. The molecule has 1 unspecified atom stereocenters. The summed E-state index contributed by atoms with van der Waals surface area (Å²) >= 11 is 0. The van der Waals surface area contributed by atoms with Crippen LogP contribution in [0.2, 0.25) is 0 Å². The lowest BCUT2D eigenvalue weighted by molar-refractivity contribution is 0.419. The minimum absolute atomic E-state index is 0.106. The molecule has 1 nitrogen and oxygen atoms in total. The standard InChI is InChI=1S/C12H22OS/c1-12(2,3)14(13)10-9-11-7-5-4-6-8-11/h9-11H,4-8H2,1-3H3/b10-9+. The lowest BCUT2D eigenvalue weighted by Crippen LogP contribution is -2.19. The lowest BCUT2D eigenvalue weighted by Gasteiger charge is -2.19. The normalized spacial score (nSPS) is 22.8. The number of hydrogen-bond acceptors (Lipinski definition) is 1. The minimum atomic E-state index is -0.820. The number of hydrogen-bond donors (Lipinski definition) is 0. The van der Waals surface area contributed by atoms with Crippen molar-refractivity contribution in [2.24, 2.45) is 5.92 Å². The second-order valence-corrected chi connectivity index (χ2v) is 7.23. The fourth-order valence-electron chi connectivity index (χ4n) is 1.71. The summed E-state index contributed by atoms with van der Waals surface area (Å²) in [4.78, 5) is 0. The fraction of sp³-hybridized carbons (Fsp3) is 0.833. The summed E-state index contributed by atoms with van der Waals surface area (Å²) in [6.07, 6.45) is 8.83. The first-order valence-electron chi connectivity index (χ1n) is 5.59. The van der Waals surface area contributed by atoms with Crippen molar-refractivity contribution in [3.05, 3.63) is 11.5 Å². The van der Waals surface area contributed by atoms with Gasteiger partial charge in [-0.05, 0) is 44.9 Å². The van der Waals surface area contributed by atoms with E-state index in [2.05, 4.69) is 6.08 Å². The predicted octanol–water partition coefficient (Wildman–Crippen LogP) is 3.63. The summed E-state index contributed by atoms with van der Waals surface area (Å²) in [6.45, 7) is 6.07. The molecule has 0 heterocycles. The van der Waals surface area contributed by atoms with Gasteiger partial charge < -0.3 is 0 Å². The molecule has 1 aliphatic rings. The molecule has 1 fully saturated rings. The van der Waals surface area contributed by atoms with Crippen molar-refractivity contribution in [2.75, 3.05) is 0 Å². The van der Waals surface area contributed by atoms with E-state index in [4.69, 9.17) is 0 Å². The molecule has 14 heavy (non-hydrogen) atoms. The van der Waals surface area contributed by atoms with Crippen LogP contribution in [0.15, 0.2) is 11.5 Å². The molecule has 0 bridgehead atoms. The SMILES string of the molecule is CC(C)(C)S(=O)/C=C/C1CCCCC1. The highest BCUT2D eigenvalue weighted by atomic mass is 32.2. The van der Waals surface area contributed by atoms with Gasteiger partial charge in [-0.2, -0.15) is 0 Å². The monoisotopic (exact) mass is 214 g/mol. The third kappa shape index (κ3) is 3.95. The maximum Gasteiger partial charge on any atom is 0.0506 e. The van der Waals surface area contributed by atoms with Gasteiger partial charge in [0.05, 0.1) is 10.8 Å². The van der Waals surface area contributed by atoms with Crippen LogP contribution in [-0.2, 0) is 10.8 Å². The van der Waals surface area contributed by atoms with Crippen LogP contribution in [-0.4, -0.2) is 8.96 Å². The average Bonchev–Trinajstić information content (AvgIpc) is 2.14. The lowest BCUT2D eigenvalue weighted by atomic mass is 9.90. The second kappa shape index (κ2) is 5.11. The summed E-state index contributed by atoms with van der Waals surface area (Å²) < 4.78 is 11.6. The number of rotatable bonds is 2. The molecule has 1 aliphatic carbocycles. The maximum absolute atomic E-state index is 11.7. The molecular weight excluding hydrogens is 192 g/mol. The van der Waals surface area contributed by atoms with Gasteiger partial charge in [0.15, 0.2) is 0 Å². The van der Waals surface area contributed by atoms with E-state index in [0.717, 1.165) is 0 Å². The van der Waals surface area contributed by atoms with Crippen molar-refractivity contribution in [3.63, 3.8) is 0 Å². The first-order chi connectivity index (χ1) is 6.50. The largest absolute Gasteiger partial charge is 0.254 e. The Balaban J connectivity index is 2.42. The van der Waals surface area contributed by atoms with Crippen molar-refractivity contribution >= 4 is 10.8 Å². The quantitative estimate of drug-likeness (QED) is 0.686. The molecule has 0 N–H and O–H groups in total. The summed E-state index contributed by atoms with van der Waals surface area (Å²) in [6, 6.07) is 0. The van der Waals surface area contributed by atoms with E-state index < -0.39 is 10.8 Å². The molecule has 1 atom stereocenters. The molecule has 0 aromatic rings. The van der Waals surface area contributed by atoms with Gasteiger partial charge in [-0.15, -0.1) is 0 Å². The van der Waals surface area contributed by atoms with E-state index >= 15 is 0 Å². The first-order valence-corrected chi connectivity index (χ1v) is 6.80. The van der Waals surface area contributed by atoms with Gasteiger partial charge in [-0.3, -0.25) is 4.21 Å². The van der Waals surface area contributed by atoms with Crippen LogP contribution in [0.4, 0.5) is 0 Å². The third-order valence-corrected chi connectivity index (χ3v) is 4.34. The van der Waals surface area contributed by atoms with Crippen LogP contribution >= 0.6 is 0 Å². The van der Waals surface area contributed by atoms with E-state index in [1.165, 1.54) is 32.1 Å². The van der Waals surface area contributed by atoms with E-state index in [-0.39, 0.29) is 4.75 Å². The van der Waals surface area contributed by atoms with Gasteiger partial charge in [0.25, 0.3) is 0 Å². The van der Waals surface area contributed by atoms with Gasteiger partial charge >= 0.3 is 0 Å². The Kier molecular flexibility index (Phi) is 4.36. The van der Waals surface area contributed by atoms with Gasteiger partial charge in [0.1, 0.15) is 0 Å². The first kappa shape index (κ1) is 12.0. The zero-order valence-corrected chi connectivity index (χ0v) is 10.4. The molecule has 2 heteroatoms. The Bertz CT molecular complexity index is 219. The molecule has 1 saturated carbocycles. The van der Waals surface area contributed by atoms with Gasteiger partial charge in [0, 0.05) is 4.75 Å². The molecule has 0 radical (unpaired) electrons. The van der Waals surface area contributed by atoms with Gasteiger partial charge in [0.2, 0.25) is 0 Å². The van der Waals surface area contributed by atoms with Crippen molar-refractivity contribution in [1.29, 1.82) is 0 Å². The van der Waals surface area contributed by atoms with Crippen molar-refractivity contribution < 1.29 is 4.21 Å². The summed E-state index contributed by atoms with van der Waals surface area (Å²) in [5.74, 6) is 0.690. The fourth-order valence-corrected chi connectivity index (χ4v) is 2.49. The van der Waals surface area contributed by atoms with E-state index in [9.17, 15) is 4.21 Å². The molecule has 0 aliphatic heterocycles. The maximum atomic E-state index is 11.7. The van der Waals surface area contributed by atoms with Crippen molar-refractivity contribution in [1.82, 2.24) is 0 Å². The third-order valence-electron chi connectivity index (χ3n) is 2.73. The Morgan fingerprint density at radius 3 is 2.21 bits per heavy atom. The zero-order chi connectivity index (χ0) is 10.6. The molecule has 1 rings (SSSR count). The summed E-state index contributed by atoms with van der Waals surface area (Å²) in [5.41, 5.74) is 0. The highest BCUT2D eigenvalue weighted by Gasteiger charge is 2.17. The number of allylic oxidation sites excluding steroid dienone is 1. The summed E-state index contributed by atoms with van der Waals surface area (Å²) in [7, 11) is -0.820. The average molecular weight is 214 g/mol. The van der Waals surface area contributed by atoms with Gasteiger partial charge in [-0.25, -0.2) is 0 Å². The Labute approximate surface area is 90.4 Å². The van der Waals surface area contributed by atoms with Crippen LogP contribution < -0.4 is 0 Å². The molecule has 82 valence electrons. The highest BCUT2D eigenvalue weighted by Crippen LogP contribution is 2.25. The second-order valence-electron chi connectivity index (χ2n) is 5.14. The molecular formula is C12H22OS. The van der Waals surface area contributed by atoms with Crippen LogP contribution in [0.3, 0.4) is 0 Å². The van der Waals surface area contributed by atoms with Crippen LogP contribution in [0.25, 0.3) is 0 Å². The van der Waals surface area contributed by atoms with E-state index in [0.29, 0.717) is 5.92 Å². The van der Waals surface area contributed by atoms with E-state index in [1.807, 2.05) is 26.2 Å². The van der Waals surface area contributed by atoms with Crippen LogP contribution in [0, 0.1) is 5.92 Å². The smallest absolute Gasteiger partial charge is 0.0506 e. The molecule has 0 spiro atoms. The summed E-state index contributed by atoms with van der Waals surface area (Å²) in [5, 5.41) is 1.91. The van der Waals surface area contributed by atoms with Crippen molar-refractivity contribution in [3.8, 4) is 0 Å². The molecule has 0 aromatic heterocycles. The minimum Gasteiger partial charge on any atom is -0.254 e. The predicted molar refractivity (Wildman–Crippen MR) is 63.6 cm³/mol.